The molecule has 74 valence electrons. The van der Waals surface area contributed by atoms with E-state index < -0.39 is 0 Å². The molecule has 0 aliphatic carbocycles. The lowest BCUT2D eigenvalue weighted by molar-refractivity contribution is 0.126. The highest BCUT2D eigenvalue weighted by Crippen LogP contribution is 2.17. The maximum atomic E-state index is 9.05. The summed E-state index contributed by atoms with van der Waals surface area (Å²) in [6.45, 7) is 7.37. The van der Waals surface area contributed by atoms with Gasteiger partial charge in [-0.25, -0.2) is 0 Å². The zero-order chi connectivity index (χ0) is 9.61. The van der Waals surface area contributed by atoms with Gasteiger partial charge in [-0.05, 0) is 13.3 Å². The van der Waals surface area contributed by atoms with Crippen molar-refractivity contribution in [3.8, 4) is 0 Å². The predicted octanol–water partition coefficient (Wildman–Crippen LogP) is 0.365. The van der Waals surface area contributed by atoms with Gasteiger partial charge in [0.05, 0.1) is 6.10 Å². The summed E-state index contributed by atoms with van der Waals surface area (Å²) in [5.41, 5.74) is -0.0467. The van der Waals surface area contributed by atoms with Crippen LogP contribution in [0.4, 0.5) is 0 Å². The van der Waals surface area contributed by atoms with Crippen molar-refractivity contribution in [1.29, 1.82) is 0 Å². The molecular weight excluding hydrogens is 154 g/mol. The zero-order valence-electron chi connectivity index (χ0n) is 8.30. The summed E-state index contributed by atoms with van der Waals surface area (Å²) in [6, 6.07) is 0. The molecule has 0 bridgehead atoms. The lowest BCUT2D eigenvalue weighted by atomic mass is 9.89. The van der Waals surface area contributed by atoms with Crippen LogP contribution in [0.1, 0.15) is 27.2 Å². The molecule has 0 rings (SSSR count). The molecule has 0 aliphatic heterocycles. The van der Waals surface area contributed by atoms with Gasteiger partial charge in [0.15, 0.2) is 0 Å². The van der Waals surface area contributed by atoms with E-state index in [1.807, 2.05) is 6.92 Å². The Morgan fingerprint density at radius 2 is 2.08 bits per heavy atom. The third kappa shape index (κ3) is 4.70. The van der Waals surface area contributed by atoms with Gasteiger partial charge in [-0.3, -0.25) is 0 Å². The Bertz CT molecular complexity index is 111. The van der Waals surface area contributed by atoms with E-state index in [2.05, 4.69) is 12.2 Å². The van der Waals surface area contributed by atoms with Crippen LogP contribution in [0.3, 0.4) is 0 Å². The van der Waals surface area contributed by atoms with E-state index in [-0.39, 0.29) is 18.1 Å². The fourth-order valence-corrected chi connectivity index (χ4v) is 0.876. The van der Waals surface area contributed by atoms with Crippen molar-refractivity contribution in [1.82, 2.24) is 5.32 Å². The Morgan fingerprint density at radius 3 is 2.42 bits per heavy atom. The van der Waals surface area contributed by atoms with Gasteiger partial charge in [0, 0.05) is 25.1 Å². The average Bonchev–Trinajstić information content (AvgIpc) is 2.03. The van der Waals surface area contributed by atoms with Crippen LogP contribution < -0.4 is 5.32 Å². The molecule has 3 N–H and O–H groups in total. The van der Waals surface area contributed by atoms with Crippen LogP contribution in [0.2, 0.25) is 0 Å². The van der Waals surface area contributed by atoms with Crippen molar-refractivity contribution in [2.45, 2.75) is 33.3 Å². The van der Waals surface area contributed by atoms with Crippen molar-refractivity contribution < 1.29 is 10.2 Å². The second-order valence-electron chi connectivity index (χ2n) is 3.80. The molecule has 0 amide bonds. The number of nitrogens with one attached hydrogen (secondary N) is 1. The van der Waals surface area contributed by atoms with Gasteiger partial charge < -0.3 is 15.5 Å². The van der Waals surface area contributed by atoms with Crippen LogP contribution in [0.5, 0.6) is 0 Å². The first-order valence-corrected chi connectivity index (χ1v) is 4.53. The summed E-state index contributed by atoms with van der Waals surface area (Å²) in [6.07, 6.45) is 0.626. The zero-order valence-corrected chi connectivity index (χ0v) is 8.30. The van der Waals surface area contributed by atoms with Crippen molar-refractivity contribution >= 4 is 0 Å². The number of aliphatic hydroxyl groups is 2. The molecule has 0 aromatic carbocycles. The van der Waals surface area contributed by atoms with Gasteiger partial charge in [0.2, 0.25) is 0 Å². The average molecular weight is 175 g/mol. The molecule has 2 atom stereocenters. The lowest BCUT2D eigenvalue weighted by Crippen LogP contribution is -2.37. The van der Waals surface area contributed by atoms with E-state index in [0.717, 1.165) is 13.0 Å². The van der Waals surface area contributed by atoms with E-state index in [9.17, 15) is 0 Å². The summed E-state index contributed by atoms with van der Waals surface area (Å²) < 4.78 is 0. The van der Waals surface area contributed by atoms with Gasteiger partial charge in [0.25, 0.3) is 0 Å². The first kappa shape index (κ1) is 11.9. The van der Waals surface area contributed by atoms with Crippen LogP contribution in [0.25, 0.3) is 0 Å². The van der Waals surface area contributed by atoms with Crippen molar-refractivity contribution in [2.24, 2.45) is 5.41 Å². The molecule has 0 spiro atoms. The molecule has 0 radical (unpaired) electrons. The predicted molar refractivity (Wildman–Crippen MR) is 50.0 cm³/mol. The minimum absolute atomic E-state index is 0.0467. The van der Waals surface area contributed by atoms with E-state index >= 15 is 0 Å². The molecular formula is C9H21NO2. The summed E-state index contributed by atoms with van der Waals surface area (Å²) in [4.78, 5) is 0. The Balaban J connectivity index is 3.58. The largest absolute Gasteiger partial charge is 0.396 e. The molecule has 3 nitrogen and oxygen atoms in total. The molecule has 0 saturated heterocycles. The normalized spacial score (nSPS) is 18.8. The fraction of sp³-hybridized carbons (Fsp3) is 1.00. The highest BCUT2D eigenvalue weighted by Gasteiger charge is 2.20. The summed E-state index contributed by atoms with van der Waals surface area (Å²) in [5, 5.41) is 21.1. The van der Waals surface area contributed by atoms with Crippen molar-refractivity contribution in [3.05, 3.63) is 0 Å². The second-order valence-corrected chi connectivity index (χ2v) is 3.80. The van der Waals surface area contributed by atoms with Crippen LogP contribution in [-0.4, -0.2) is 36.0 Å². The fourth-order valence-electron chi connectivity index (χ4n) is 0.876. The molecule has 2 unspecified atom stereocenters. The molecule has 0 aromatic heterocycles. The Hall–Kier alpha value is -0.120. The monoisotopic (exact) mass is 175 g/mol. The Kier molecular flexibility index (Phi) is 5.46. The SMILES string of the molecule is CCC(C)(CO)CNCC(C)O. The van der Waals surface area contributed by atoms with E-state index in [4.69, 9.17) is 10.2 Å². The quantitative estimate of drug-likeness (QED) is 0.546. The van der Waals surface area contributed by atoms with Gasteiger partial charge in [0.1, 0.15) is 0 Å². The molecule has 12 heavy (non-hydrogen) atoms. The van der Waals surface area contributed by atoms with E-state index in [1.54, 1.807) is 6.92 Å². The first-order valence-electron chi connectivity index (χ1n) is 4.53. The number of hydrogen-bond donors (Lipinski definition) is 3. The minimum atomic E-state index is -0.315. The molecule has 0 fully saturated rings. The number of rotatable bonds is 6. The highest BCUT2D eigenvalue weighted by molar-refractivity contribution is 4.74. The minimum Gasteiger partial charge on any atom is -0.396 e. The molecule has 0 saturated carbocycles. The van der Waals surface area contributed by atoms with E-state index in [0.29, 0.717) is 6.54 Å². The maximum absolute atomic E-state index is 9.05. The van der Waals surface area contributed by atoms with Gasteiger partial charge >= 0.3 is 0 Å². The third-order valence-electron chi connectivity index (χ3n) is 2.23. The molecule has 3 heteroatoms. The second kappa shape index (κ2) is 5.51. The highest BCUT2D eigenvalue weighted by atomic mass is 16.3. The Morgan fingerprint density at radius 1 is 1.50 bits per heavy atom. The van der Waals surface area contributed by atoms with Crippen LogP contribution in [-0.2, 0) is 0 Å². The molecule has 0 aromatic rings. The van der Waals surface area contributed by atoms with Crippen LogP contribution in [0.15, 0.2) is 0 Å². The summed E-state index contributed by atoms with van der Waals surface area (Å²) >= 11 is 0. The smallest absolute Gasteiger partial charge is 0.0636 e. The van der Waals surface area contributed by atoms with Crippen LogP contribution in [0, 0.1) is 5.41 Å². The topological polar surface area (TPSA) is 52.5 Å². The van der Waals surface area contributed by atoms with E-state index in [1.165, 1.54) is 0 Å². The lowest BCUT2D eigenvalue weighted by Gasteiger charge is -2.26. The third-order valence-corrected chi connectivity index (χ3v) is 2.23. The summed E-state index contributed by atoms with van der Waals surface area (Å²) in [5.74, 6) is 0. The maximum Gasteiger partial charge on any atom is 0.0636 e. The molecule has 0 aliphatic rings. The van der Waals surface area contributed by atoms with Crippen molar-refractivity contribution in [3.63, 3.8) is 0 Å². The van der Waals surface area contributed by atoms with Gasteiger partial charge in [-0.2, -0.15) is 0 Å². The number of aliphatic hydroxyl groups excluding tert-OH is 2. The summed E-state index contributed by atoms with van der Waals surface area (Å²) in [7, 11) is 0. The first-order chi connectivity index (χ1) is 5.54. The van der Waals surface area contributed by atoms with Crippen molar-refractivity contribution in [2.75, 3.05) is 19.7 Å². The van der Waals surface area contributed by atoms with Gasteiger partial charge in [-0.1, -0.05) is 13.8 Å². The Labute approximate surface area is 74.8 Å². The standard InChI is InChI=1S/C9H21NO2/c1-4-9(3,7-11)6-10-5-8(2)12/h8,10-12H,4-7H2,1-3H3. The van der Waals surface area contributed by atoms with Crippen LogP contribution >= 0.6 is 0 Å². The van der Waals surface area contributed by atoms with Gasteiger partial charge in [-0.15, -0.1) is 0 Å². The molecule has 0 heterocycles. The number of hydrogen-bond acceptors (Lipinski definition) is 3.